The molecule has 0 spiro atoms. The van der Waals surface area contributed by atoms with Crippen LogP contribution in [-0.2, 0) is 11.2 Å². The first-order chi connectivity index (χ1) is 13.2. The van der Waals surface area contributed by atoms with Gasteiger partial charge in [-0.05, 0) is 50.2 Å². The molecule has 5 rings (SSSR count). The van der Waals surface area contributed by atoms with Crippen molar-refractivity contribution >= 4 is 11.4 Å². The molecular weight excluding hydrogens is 340 g/mol. The van der Waals surface area contributed by atoms with Gasteiger partial charge in [-0.15, -0.1) is 0 Å². The van der Waals surface area contributed by atoms with Crippen molar-refractivity contribution < 1.29 is 9.53 Å². The zero-order valence-corrected chi connectivity index (χ0v) is 15.8. The van der Waals surface area contributed by atoms with E-state index in [4.69, 9.17) is 9.72 Å². The minimum Gasteiger partial charge on any atom is -0.379 e. The summed E-state index contributed by atoms with van der Waals surface area (Å²) in [6, 6.07) is 5.99. The van der Waals surface area contributed by atoms with Gasteiger partial charge in [0.2, 0.25) is 0 Å². The second-order valence-electron chi connectivity index (χ2n) is 8.42. The van der Waals surface area contributed by atoms with Crippen LogP contribution in [-0.4, -0.2) is 58.6 Å². The molecule has 0 unspecified atom stereocenters. The van der Waals surface area contributed by atoms with Crippen molar-refractivity contribution in [2.24, 2.45) is 5.92 Å². The lowest BCUT2D eigenvalue weighted by molar-refractivity contribution is 0.0382. The number of nitrogens with zero attached hydrogens (tertiary/aromatic N) is 3. The Bertz CT molecular complexity index is 832. The number of fused-ring (bicyclic) bond motifs is 3. The van der Waals surface area contributed by atoms with Crippen molar-refractivity contribution in [2.45, 2.75) is 44.1 Å². The van der Waals surface area contributed by atoms with E-state index in [1.54, 1.807) is 0 Å². The molecule has 1 saturated heterocycles. The molecule has 0 aromatic carbocycles. The highest BCUT2D eigenvalue weighted by Crippen LogP contribution is 2.47. The van der Waals surface area contributed by atoms with E-state index >= 15 is 0 Å². The maximum atomic E-state index is 13.1. The average molecular weight is 368 g/mol. The minimum absolute atomic E-state index is 0.00104. The summed E-state index contributed by atoms with van der Waals surface area (Å²) in [7, 11) is 0. The smallest absolute Gasteiger partial charge is 0.272 e. The Kier molecular flexibility index (Phi) is 4.40. The van der Waals surface area contributed by atoms with Crippen LogP contribution in [0.3, 0.4) is 0 Å². The summed E-state index contributed by atoms with van der Waals surface area (Å²) in [6.07, 6.45) is 8.77. The molecule has 2 aromatic rings. The molecule has 144 valence electrons. The largest absolute Gasteiger partial charge is 0.379 e. The lowest BCUT2D eigenvalue weighted by Gasteiger charge is -2.27. The predicted octanol–water partition coefficient (Wildman–Crippen LogP) is 2.27. The van der Waals surface area contributed by atoms with Crippen molar-refractivity contribution in [1.82, 2.24) is 19.6 Å². The van der Waals surface area contributed by atoms with Gasteiger partial charge in [-0.1, -0.05) is 6.07 Å². The summed E-state index contributed by atoms with van der Waals surface area (Å²) >= 11 is 0. The molecule has 1 aliphatic heterocycles. The molecule has 2 aromatic heterocycles. The van der Waals surface area contributed by atoms with E-state index in [0.29, 0.717) is 5.69 Å². The van der Waals surface area contributed by atoms with E-state index in [0.717, 1.165) is 75.8 Å². The van der Waals surface area contributed by atoms with Gasteiger partial charge >= 0.3 is 0 Å². The molecule has 3 fully saturated rings. The lowest BCUT2D eigenvalue weighted by atomic mass is 9.93. The van der Waals surface area contributed by atoms with E-state index in [1.165, 1.54) is 12.8 Å². The molecule has 27 heavy (non-hydrogen) atoms. The van der Waals surface area contributed by atoms with Gasteiger partial charge in [0, 0.05) is 37.8 Å². The minimum atomic E-state index is -0.00104. The van der Waals surface area contributed by atoms with Crippen LogP contribution in [0.4, 0.5) is 0 Å². The second-order valence-corrected chi connectivity index (χ2v) is 8.42. The van der Waals surface area contributed by atoms with Crippen LogP contribution < -0.4 is 5.32 Å². The fourth-order valence-corrected chi connectivity index (χ4v) is 5.19. The van der Waals surface area contributed by atoms with Gasteiger partial charge < -0.3 is 14.5 Å². The Morgan fingerprint density at radius 3 is 2.81 bits per heavy atom. The number of imidazole rings is 1. The third-order valence-electron chi connectivity index (χ3n) is 6.71. The van der Waals surface area contributed by atoms with E-state index in [-0.39, 0.29) is 11.4 Å². The van der Waals surface area contributed by atoms with Crippen molar-refractivity contribution in [3.8, 4) is 0 Å². The SMILES string of the molecule is O=C(NC12CCC(CC1)C2)c1nc(CCN2CCOCC2)n2ccccc12. The lowest BCUT2D eigenvalue weighted by Crippen LogP contribution is -2.45. The van der Waals surface area contributed by atoms with Gasteiger partial charge in [0.1, 0.15) is 5.82 Å². The first-order valence-electron chi connectivity index (χ1n) is 10.3. The number of nitrogens with one attached hydrogen (secondary N) is 1. The van der Waals surface area contributed by atoms with Crippen molar-refractivity contribution in [2.75, 3.05) is 32.8 Å². The maximum Gasteiger partial charge on any atom is 0.272 e. The van der Waals surface area contributed by atoms with Gasteiger partial charge in [0.15, 0.2) is 5.69 Å². The number of morpholine rings is 1. The van der Waals surface area contributed by atoms with E-state index in [1.807, 2.05) is 24.4 Å². The third kappa shape index (κ3) is 3.25. The standard InChI is InChI=1S/C21H28N4O2/c26-20(23-21-7-4-16(15-21)5-8-21)19-17-3-1-2-9-25(17)18(22-19)6-10-24-11-13-27-14-12-24/h1-3,9,16H,4-8,10-15H2,(H,23,26). The number of hydrogen-bond donors (Lipinski definition) is 1. The highest BCUT2D eigenvalue weighted by Gasteiger charge is 2.46. The van der Waals surface area contributed by atoms with Crippen LogP contribution in [0.5, 0.6) is 0 Å². The zero-order chi connectivity index (χ0) is 18.3. The van der Waals surface area contributed by atoms with E-state index < -0.39 is 0 Å². The first-order valence-corrected chi connectivity index (χ1v) is 10.3. The maximum absolute atomic E-state index is 13.1. The average Bonchev–Trinajstić information content (AvgIpc) is 3.40. The Balaban J connectivity index is 1.36. The van der Waals surface area contributed by atoms with Crippen LogP contribution >= 0.6 is 0 Å². The molecular formula is C21H28N4O2. The van der Waals surface area contributed by atoms with Crippen LogP contribution in [0, 0.1) is 5.92 Å². The number of pyridine rings is 1. The molecule has 1 amide bonds. The normalized spacial score (nSPS) is 28.1. The van der Waals surface area contributed by atoms with Crippen molar-refractivity contribution in [1.29, 1.82) is 0 Å². The van der Waals surface area contributed by atoms with Crippen molar-refractivity contribution in [3.63, 3.8) is 0 Å². The van der Waals surface area contributed by atoms with Crippen LogP contribution in [0.1, 0.15) is 48.4 Å². The van der Waals surface area contributed by atoms with E-state index in [9.17, 15) is 4.79 Å². The fourth-order valence-electron chi connectivity index (χ4n) is 5.19. The molecule has 2 aliphatic carbocycles. The Labute approximate surface area is 159 Å². The number of ether oxygens (including phenoxy) is 1. The molecule has 1 N–H and O–H groups in total. The molecule has 6 nitrogen and oxygen atoms in total. The number of carbonyl (C=O) groups is 1. The predicted molar refractivity (Wildman–Crippen MR) is 103 cm³/mol. The summed E-state index contributed by atoms with van der Waals surface area (Å²) < 4.78 is 7.51. The topological polar surface area (TPSA) is 58.9 Å². The van der Waals surface area contributed by atoms with Crippen molar-refractivity contribution in [3.05, 3.63) is 35.9 Å². The Hall–Kier alpha value is -1.92. The molecule has 0 radical (unpaired) electrons. The highest BCUT2D eigenvalue weighted by atomic mass is 16.5. The van der Waals surface area contributed by atoms with Gasteiger partial charge in [0.25, 0.3) is 5.91 Å². The van der Waals surface area contributed by atoms with Crippen LogP contribution in [0.2, 0.25) is 0 Å². The monoisotopic (exact) mass is 368 g/mol. The number of rotatable bonds is 5. The van der Waals surface area contributed by atoms with Crippen LogP contribution in [0.25, 0.3) is 5.52 Å². The first kappa shape index (κ1) is 17.2. The van der Waals surface area contributed by atoms with Gasteiger partial charge in [-0.2, -0.15) is 0 Å². The summed E-state index contributed by atoms with van der Waals surface area (Å²) in [4.78, 5) is 20.3. The van der Waals surface area contributed by atoms with Crippen LogP contribution in [0.15, 0.2) is 24.4 Å². The summed E-state index contributed by atoms with van der Waals surface area (Å²) in [5.41, 5.74) is 1.52. The molecule has 2 bridgehead atoms. The molecule has 0 atom stereocenters. The van der Waals surface area contributed by atoms with E-state index in [2.05, 4.69) is 14.6 Å². The second kappa shape index (κ2) is 6.91. The summed E-state index contributed by atoms with van der Waals surface area (Å²) in [5, 5.41) is 3.37. The zero-order valence-electron chi connectivity index (χ0n) is 15.8. The highest BCUT2D eigenvalue weighted by molar-refractivity contribution is 5.99. The quantitative estimate of drug-likeness (QED) is 0.880. The van der Waals surface area contributed by atoms with Gasteiger partial charge in [-0.25, -0.2) is 4.98 Å². The molecule has 2 saturated carbocycles. The Morgan fingerprint density at radius 2 is 2.07 bits per heavy atom. The summed E-state index contributed by atoms with van der Waals surface area (Å²) in [5.74, 6) is 1.78. The summed E-state index contributed by atoms with van der Waals surface area (Å²) in [6.45, 7) is 4.50. The fraction of sp³-hybridized carbons (Fsp3) is 0.619. The van der Waals surface area contributed by atoms with Gasteiger partial charge in [-0.3, -0.25) is 9.69 Å². The third-order valence-corrected chi connectivity index (χ3v) is 6.71. The van der Waals surface area contributed by atoms with Gasteiger partial charge in [0.05, 0.1) is 18.7 Å². The molecule has 6 heteroatoms. The number of amides is 1. The molecule has 3 heterocycles. The number of hydrogen-bond acceptors (Lipinski definition) is 4. The number of carbonyl (C=O) groups excluding carboxylic acids is 1. The Morgan fingerprint density at radius 1 is 1.26 bits per heavy atom. The number of aromatic nitrogens is 2. The molecule has 3 aliphatic rings.